The van der Waals surface area contributed by atoms with Crippen molar-refractivity contribution in [3.05, 3.63) is 11.9 Å². The van der Waals surface area contributed by atoms with E-state index >= 15 is 0 Å². The van der Waals surface area contributed by atoms with Crippen LogP contribution in [0.4, 0.5) is 11.6 Å². The lowest BCUT2D eigenvalue weighted by Crippen LogP contribution is -2.13. The predicted molar refractivity (Wildman–Crippen MR) is 71.9 cm³/mol. The van der Waals surface area contributed by atoms with E-state index in [1.54, 1.807) is 0 Å². The normalized spacial score (nSPS) is 11.0. The highest BCUT2D eigenvalue weighted by Gasteiger charge is 2.07. The smallest absolute Gasteiger partial charge is 0.145 e. The van der Waals surface area contributed by atoms with Gasteiger partial charge < -0.3 is 10.7 Å². The molecule has 0 aromatic carbocycles. The summed E-state index contributed by atoms with van der Waals surface area (Å²) in [5.41, 5.74) is 2.57. The maximum absolute atomic E-state index is 5.40. The SMILES string of the molecule is CC(C)CCNc1cc(NN)nc(C(C)C)n1. The molecular weight excluding hydrogens is 214 g/mol. The fourth-order valence-electron chi connectivity index (χ4n) is 1.38. The maximum Gasteiger partial charge on any atom is 0.145 e. The van der Waals surface area contributed by atoms with Crippen LogP contribution >= 0.6 is 0 Å². The van der Waals surface area contributed by atoms with Crippen LogP contribution in [0.3, 0.4) is 0 Å². The Morgan fingerprint density at radius 3 is 2.35 bits per heavy atom. The molecule has 5 heteroatoms. The molecule has 1 rings (SSSR count). The van der Waals surface area contributed by atoms with Crippen LogP contribution in [0.15, 0.2) is 6.07 Å². The van der Waals surface area contributed by atoms with Crippen molar-refractivity contribution >= 4 is 11.6 Å². The lowest BCUT2D eigenvalue weighted by molar-refractivity contribution is 0.606. The van der Waals surface area contributed by atoms with Gasteiger partial charge in [-0.15, -0.1) is 0 Å². The second-order valence-electron chi connectivity index (χ2n) is 4.90. The van der Waals surface area contributed by atoms with Crippen molar-refractivity contribution in [2.75, 3.05) is 17.3 Å². The van der Waals surface area contributed by atoms with E-state index in [1.807, 2.05) is 6.07 Å². The Labute approximate surface area is 103 Å². The molecule has 0 amide bonds. The number of nitrogens with two attached hydrogens (primary N) is 1. The summed E-state index contributed by atoms with van der Waals surface area (Å²) in [6.45, 7) is 9.44. The molecule has 1 aromatic rings. The minimum Gasteiger partial charge on any atom is -0.370 e. The first-order chi connectivity index (χ1) is 8.02. The van der Waals surface area contributed by atoms with Crippen LogP contribution < -0.4 is 16.6 Å². The third-order valence-corrected chi connectivity index (χ3v) is 2.44. The minimum atomic E-state index is 0.286. The lowest BCUT2D eigenvalue weighted by Gasteiger charge is -2.12. The molecule has 0 saturated carbocycles. The molecule has 4 N–H and O–H groups in total. The number of rotatable bonds is 6. The first kappa shape index (κ1) is 13.7. The molecule has 0 radical (unpaired) electrons. The summed E-state index contributed by atoms with van der Waals surface area (Å²) in [7, 11) is 0. The molecule has 0 aliphatic rings. The largest absolute Gasteiger partial charge is 0.370 e. The van der Waals surface area contributed by atoms with E-state index in [1.165, 1.54) is 0 Å². The topological polar surface area (TPSA) is 75.9 Å². The van der Waals surface area contributed by atoms with Gasteiger partial charge in [-0.3, -0.25) is 0 Å². The number of nitrogens with one attached hydrogen (secondary N) is 2. The van der Waals surface area contributed by atoms with Crippen LogP contribution in [0, 0.1) is 5.92 Å². The fourth-order valence-corrected chi connectivity index (χ4v) is 1.38. The molecule has 17 heavy (non-hydrogen) atoms. The van der Waals surface area contributed by atoms with Gasteiger partial charge in [0, 0.05) is 18.5 Å². The van der Waals surface area contributed by atoms with Gasteiger partial charge in [0.15, 0.2) is 0 Å². The molecule has 0 spiro atoms. The molecule has 0 saturated heterocycles. The predicted octanol–water partition coefficient (Wildman–Crippen LogP) is 2.34. The summed E-state index contributed by atoms with van der Waals surface area (Å²) in [6.07, 6.45) is 1.12. The van der Waals surface area contributed by atoms with Gasteiger partial charge in [0.25, 0.3) is 0 Å². The van der Waals surface area contributed by atoms with Crippen molar-refractivity contribution in [1.82, 2.24) is 9.97 Å². The van der Waals surface area contributed by atoms with Crippen LogP contribution in [0.2, 0.25) is 0 Å². The lowest BCUT2D eigenvalue weighted by atomic mass is 10.1. The van der Waals surface area contributed by atoms with E-state index in [-0.39, 0.29) is 5.92 Å². The van der Waals surface area contributed by atoms with Crippen LogP contribution in [-0.4, -0.2) is 16.5 Å². The summed E-state index contributed by atoms with van der Waals surface area (Å²) >= 11 is 0. The van der Waals surface area contributed by atoms with Gasteiger partial charge in [0.1, 0.15) is 17.5 Å². The van der Waals surface area contributed by atoms with Crippen molar-refractivity contribution in [3.63, 3.8) is 0 Å². The quantitative estimate of drug-likeness (QED) is 0.523. The maximum atomic E-state index is 5.40. The molecule has 0 atom stereocenters. The zero-order valence-electron chi connectivity index (χ0n) is 11.1. The first-order valence-electron chi connectivity index (χ1n) is 6.12. The van der Waals surface area contributed by atoms with E-state index in [0.717, 1.165) is 24.6 Å². The van der Waals surface area contributed by atoms with Crippen molar-refractivity contribution in [1.29, 1.82) is 0 Å². The summed E-state index contributed by atoms with van der Waals surface area (Å²) in [5, 5.41) is 3.30. The Kier molecular flexibility index (Phi) is 5.15. The standard InChI is InChI=1S/C12H23N5/c1-8(2)5-6-14-10-7-11(17-13)16-12(15-10)9(3)4/h7-9H,5-6,13H2,1-4H3,(H2,14,15,16,17). The summed E-state index contributed by atoms with van der Waals surface area (Å²) in [5.74, 6) is 8.64. The van der Waals surface area contributed by atoms with Crippen molar-refractivity contribution in [2.45, 2.75) is 40.0 Å². The molecule has 0 unspecified atom stereocenters. The summed E-state index contributed by atoms with van der Waals surface area (Å²) < 4.78 is 0. The van der Waals surface area contributed by atoms with Gasteiger partial charge in [-0.2, -0.15) is 0 Å². The van der Waals surface area contributed by atoms with Crippen LogP contribution in [0.5, 0.6) is 0 Å². The second kappa shape index (κ2) is 6.39. The van der Waals surface area contributed by atoms with E-state index in [4.69, 9.17) is 5.84 Å². The highest BCUT2D eigenvalue weighted by atomic mass is 15.3. The number of aromatic nitrogens is 2. The van der Waals surface area contributed by atoms with Crippen molar-refractivity contribution in [2.24, 2.45) is 11.8 Å². The van der Waals surface area contributed by atoms with Gasteiger partial charge >= 0.3 is 0 Å². The Bertz CT molecular complexity index is 349. The summed E-state index contributed by atoms with van der Waals surface area (Å²) in [4.78, 5) is 8.77. The Balaban J connectivity index is 2.73. The number of nitrogen functional groups attached to an aromatic ring is 1. The van der Waals surface area contributed by atoms with Gasteiger partial charge in [0.05, 0.1) is 0 Å². The number of anilines is 2. The molecule has 0 aliphatic heterocycles. The highest BCUT2D eigenvalue weighted by molar-refractivity contribution is 5.47. The minimum absolute atomic E-state index is 0.286. The van der Waals surface area contributed by atoms with Crippen LogP contribution in [0.1, 0.15) is 45.9 Å². The molecule has 0 bridgehead atoms. The Hall–Kier alpha value is -1.36. The zero-order chi connectivity index (χ0) is 12.8. The molecule has 1 heterocycles. The number of hydrogen-bond acceptors (Lipinski definition) is 5. The van der Waals surface area contributed by atoms with Crippen LogP contribution in [0.25, 0.3) is 0 Å². The van der Waals surface area contributed by atoms with E-state index < -0.39 is 0 Å². The fraction of sp³-hybridized carbons (Fsp3) is 0.667. The highest BCUT2D eigenvalue weighted by Crippen LogP contribution is 2.16. The van der Waals surface area contributed by atoms with Gasteiger partial charge in [-0.1, -0.05) is 27.7 Å². The molecular formula is C12H23N5. The molecule has 0 aliphatic carbocycles. The van der Waals surface area contributed by atoms with Crippen molar-refractivity contribution in [3.8, 4) is 0 Å². The van der Waals surface area contributed by atoms with E-state index in [9.17, 15) is 0 Å². The third kappa shape index (κ3) is 4.56. The van der Waals surface area contributed by atoms with Gasteiger partial charge in [-0.25, -0.2) is 15.8 Å². The number of hydrazine groups is 1. The first-order valence-corrected chi connectivity index (χ1v) is 6.12. The Morgan fingerprint density at radius 2 is 1.82 bits per heavy atom. The molecule has 0 fully saturated rings. The number of hydrogen-bond donors (Lipinski definition) is 3. The van der Waals surface area contributed by atoms with Crippen molar-refractivity contribution < 1.29 is 0 Å². The van der Waals surface area contributed by atoms with E-state index in [0.29, 0.717) is 11.7 Å². The molecule has 96 valence electrons. The van der Waals surface area contributed by atoms with Gasteiger partial charge in [0.2, 0.25) is 0 Å². The average molecular weight is 237 g/mol. The zero-order valence-corrected chi connectivity index (χ0v) is 11.1. The number of nitrogens with zero attached hydrogens (tertiary/aromatic N) is 2. The summed E-state index contributed by atoms with van der Waals surface area (Å²) in [6, 6.07) is 1.83. The monoisotopic (exact) mass is 237 g/mol. The third-order valence-electron chi connectivity index (χ3n) is 2.44. The van der Waals surface area contributed by atoms with Crippen LogP contribution in [-0.2, 0) is 0 Å². The second-order valence-corrected chi connectivity index (χ2v) is 4.90. The van der Waals surface area contributed by atoms with Gasteiger partial charge in [-0.05, 0) is 12.3 Å². The molecule has 5 nitrogen and oxygen atoms in total. The Morgan fingerprint density at radius 1 is 1.18 bits per heavy atom. The average Bonchev–Trinajstić information content (AvgIpc) is 2.28. The molecule has 1 aromatic heterocycles. The van der Waals surface area contributed by atoms with E-state index in [2.05, 4.69) is 48.4 Å².